The van der Waals surface area contributed by atoms with Crippen LogP contribution in [0, 0.1) is 13.8 Å². The molecule has 19 heavy (non-hydrogen) atoms. The minimum absolute atomic E-state index is 0.197. The van der Waals surface area contributed by atoms with E-state index in [4.69, 9.17) is 23.2 Å². The first kappa shape index (κ1) is 14.3. The van der Waals surface area contributed by atoms with Crippen LogP contribution in [0.1, 0.15) is 25.7 Å². The Kier molecular flexibility index (Phi) is 4.45. The topological polar surface area (TPSA) is 42.0 Å². The van der Waals surface area contributed by atoms with Crippen molar-refractivity contribution in [1.82, 2.24) is 10.3 Å². The second-order valence-electron chi connectivity index (χ2n) is 4.13. The number of hydrogen-bond acceptors (Lipinski definition) is 3. The molecule has 3 nitrogen and oxygen atoms in total. The first-order valence-corrected chi connectivity index (χ1v) is 7.20. The van der Waals surface area contributed by atoms with Crippen LogP contribution in [0.25, 0.3) is 0 Å². The molecule has 2 heterocycles. The third kappa shape index (κ3) is 3.47. The third-order valence-corrected chi connectivity index (χ3v) is 4.54. The SMILES string of the molecule is Cc1cc(CNC(=O)c2cnc(Cl)c(Cl)c2)sc1C. The zero-order valence-electron chi connectivity index (χ0n) is 10.5. The van der Waals surface area contributed by atoms with Crippen molar-refractivity contribution < 1.29 is 4.79 Å². The molecule has 0 unspecified atom stereocenters. The van der Waals surface area contributed by atoms with E-state index in [2.05, 4.69) is 30.2 Å². The number of carbonyl (C=O) groups excluding carboxylic acids is 1. The van der Waals surface area contributed by atoms with Gasteiger partial charge in [0.2, 0.25) is 0 Å². The van der Waals surface area contributed by atoms with Crippen LogP contribution in [0.2, 0.25) is 10.2 Å². The number of thiophene rings is 1. The number of nitrogens with zero attached hydrogens (tertiary/aromatic N) is 1. The van der Waals surface area contributed by atoms with Crippen LogP contribution in [0.15, 0.2) is 18.3 Å². The molecule has 100 valence electrons. The Bertz CT molecular complexity index is 606. The summed E-state index contributed by atoms with van der Waals surface area (Å²) < 4.78 is 0. The van der Waals surface area contributed by atoms with Gasteiger partial charge in [0.25, 0.3) is 5.91 Å². The number of aromatic nitrogens is 1. The summed E-state index contributed by atoms with van der Waals surface area (Å²) >= 11 is 13.2. The van der Waals surface area contributed by atoms with E-state index in [0.717, 1.165) is 4.88 Å². The van der Waals surface area contributed by atoms with Crippen molar-refractivity contribution in [3.05, 3.63) is 49.4 Å². The maximum absolute atomic E-state index is 11.9. The molecule has 0 atom stereocenters. The van der Waals surface area contributed by atoms with E-state index in [1.54, 1.807) is 11.3 Å². The molecule has 6 heteroatoms. The van der Waals surface area contributed by atoms with Crippen molar-refractivity contribution in [3.63, 3.8) is 0 Å². The highest BCUT2D eigenvalue weighted by Crippen LogP contribution is 2.21. The molecule has 0 fully saturated rings. The van der Waals surface area contributed by atoms with Crippen LogP contribution in [0.5, 0.6) is 0 Å². The minimum atomic E-state index is -0.213. The van der Waals surface area contributed by atoms with Gasteiger partial charge in [-0.05, 0) is 31.5 Å². The molecule has 0 aliphatic rings. The fourth-order valence-corrected chi connectivity index (χ4v) is 2.81. The normalized spacial score (nSPS) is 10.5. The highest BCUT2D eigenvalue weighted by molar-refractivity contribution is 7.12. The molecular formula is C13H12Cl2N2OS. The average molecular weight is 315 g/mol. The highest BCUT2D eigenvalue weighted by atomic mass is 35.5. The zero-order chi connectivity index (χ0) is 14.0. The van der Waals surface area contributed by atoms with Crippen LogP contribution >= 0.6 is 34.5 Å². The van der Waals surface area contributed by atoms with E-state index in [0.29, 0.717) is 12.1 Å². The highest BCUT2D eigenvalue weighted by Gasteiger charge is 2.09. The Morgan fingerprint density at radius 2 is 2.11 bits per heavy atom. The number of aryl methyl sites for hydroxylation is 2. The Labute approximate surface area is 125 Å². The van der Waals surface area contributed by atoms with E-state index >= 15 is 0 Å². The first-order chi connectivity index (χ1) is 8.97. The van der Waals surface area contributed by atoms with Crippen LogP contribution in [0.3, 0.4) is 0 Å². The van der Waals surface area contributed by atoms with Crippen molar-refractivity contribution in [2.75, 3.05) is 0 Å². The lowest BCUT2D eigenvalue weighted by Crippen LogP contribution is -2.22. The van der Waals surface area contributed by atoms with Gasteiger partial charge < -0.3 is 5.32 Å². The van der Waals surface area contributed by atoms with E-state index < -0.39 is 0 Å². The first-order valence-electron chi connectivity index (χ1n) is 5.62. The molecule has 0 spiro atoms. The number of rotatable bonds is 3. The summed E-state index contributed by atoms with van der Waals surface area (Å²) in [5.41, 5.74) is 1.64. The molecule has 2 rings (SSSR count). The molecule has 0 saturated heterocycles. The molecule has 1 amide bonds. The smallest absolute Gasteiger partial charge is 0.253 e. The number of pyridine rings is 1. The van der Waals surface area contributed by atoms with E-state index in [1.165, 1.54) is 22.7 Å². The quantitative estimate of drug-likeness (QED) is 0.870. The van der Waals surface area contributed by atoms with E-state index in [9.17, 15) is 4.79 Å². The third-order valence-electron chi connectivity index (χ3n) is 2.70. The van der Waals surface area contributed by atoms with Gasteiger partial charge in [-0.2, -0.15) is 0 Å². The van der Waals surface area contributed by atoms with Crippen molar-refractivity contribution in [3.8, 4) is 0 Å². The summed E-state index contributed by atoms with van der Waals surface area (Å²) in [7, 11) is 0. The van der Waals surface area contributed by atoms with Gasteiger partial charge in [0.15, 0.2) is 0 Å². The standard InChI is InChI=1S/C13H12Cl2N2OS/c1-7-3-10(19-8(7)2)6-17-13(18)9-4-11(14)12(15)16-5-9/h3-5H,6H2,1-2H3,(H,17,18). The Morgan fingerprint density at radius 3 is 2.68 bits per heavy atom. The van der Waals surface area contributed by atoms with Gasteiger partial charge in [-0.15, -0.1) is 11.3 Å². The fourth-order valence-electron chi connectivity index (χ4n) is 1.55. The van der Waals surface area contributed by atoms with Crippen molar-refractivity contribution in [2.24, 2.45) is 0 Å². The molecule has 2 aromatic rings. The molecule has 0 bridgehead atoms. The van der Waals surface area contributed by atoms with Crippen LogP contribution in [0.4, 0.5) is 0 Å². The Hall–Kier alpha value is -1.10. The number of amides is 1. The Morgan fingerprint density at radius 1 is 1.37 bits per heavy atom. The number of nitrogens with one attached hydrogen (secondary N) is 1. The van der Waals surface area contributed by atoms with Crippen LogP contribution in [-0.2, 0) is 6.54 Å². The average Bonchev–Trinajstić information content (AvgIpc) is 2.69. The lowest BCUT2D eigenvalue weighted by atomic mass is 10.2. The summed E-state index contributed by atoms with van der Waals surface area (Å²) in [5, 5.41) is 3.30. The van der Waals surface area contributed by atoms with E-state index in [-0.39, 0.29) is 16.1 Å². The van der Waals surface area contributed by atoms with Gasteiger partial charge >= 0.3 is 0 Å². The fraction of sp³-hybridized carbons (Fsp3) is 0.231. The van der Waals surface area contributed by atoms with Gasteiger partial charge in [0, 0.05) is 16.0 Å². The summed E-state index contributed by atoms with van der Waals surface area (Å²) in [6.45, 7) is 4.62. The van der Waals surface area contributed by atoms with Gasteiger partial charge in [0.05, 0.1) is 17.1 Å². The Balaban J connectivity index is 2.03. The molecule has 1 N–H and O–H groups in total. The number of carbonyl (C=O) groups is 1. The summed E-state index contributed by atoms with van der Waals surface area (Å²) in [4.78, 5) is 18.2. The molecule has 0 radical (unpaired) electrons. The second-order valence-corrected chi connectivity index (χ2v) is 6.24. The molecule has 2 aromatic heterocycles. The predicted molar refractivity (Wildman–Crippen MR) is 79.2 cm³/mol. The second kappa shape index (κ2) is 5.90. The summed E-state index contributed by atoms with van der Waals surface area (Å²) in [5.74, 6) is -0.213. The molecule has 0 aromatic carbocycles. The van der Waals surface area contributed by atoms with Gasteiger partial charge in [-0.25, -0.2) is 4.98 Å². The van der Waals surface area contributed by atoms with E-state index in [1.807, 2.05) is 0 Å². The predicted octanol–water partition coefficient (Wildman–Crippen LogP) is 4.00. The zero-order valence-corrected chi connectivity index (χ0v) is 12.8. The molecule has 0 saturated carbocycles. The van der Waals surface area contributed by atoms with Gasteiger partial charge in [0.1, 0.15) is 5.15 Å². The number of hydrogen-bond donors (Lipinski definition) is 1. The molecular weight excluding hydrogens is 303 g/mol. The van der Waals surface area contributed by atoms with Crippen molar-refractivity contribution in [1.29, 1.82) is 0 Å². The number of halogens is 2. The lowest BCUT2D eigenvalue weighted by molar-refractivity contribution is 0.0951. The minimum Gasteiger partial charge on any atom is -0.347 e. The van der Waals surface area contributed by atoms with Crippen LogP contribution < -0.4 is 5.32 Å². The van der Waals surface area contributed by atoms with Crippen molar-refractivity contribution >= 4 is 40.4 Å². The monoisotopic (exact) mass is 314 g/mol. The maximum atomic E-state index is 11.9. The largest absolute Gasteiger partial charge is 0.347 e. The van der Waals surface area contributed by atoms with Gasteiger partial charge in [-0.3, -0.25) is 4.79 Å². The summed E-state index contributed by atoms with van der Waals surface area (Å²) in [6.07, 6.45) is 1.41. The molecule has 0 aliphatic heterocycles. The maximum Gasteiger partial charge on any atom is 0.253 e. The molecule has 0 aliphatic carbocycles. The lowest BCUT2D eigenvalue weighted by Gasteiger charge is -2.04. The van der Waals surface area contributed by atoms with Gasteiger partial charge in [-0.1, -0.05) is 23.2 Å². The van der Waals surface area contributed by atoms with Crippen molar-refractivity contribution in [2.45, 2.75) is 20.4 Å². The van der Waals surface area contributed by atoms with Crippen LogP contribution in [-0.4, -0.2) is 10.9 Å². The summed E-state index contributed by atoms with van der Waals surface area (Å²) in [6, 6.07) is 3.59.